The molecule has 76 valence electrons. The molecule has 0 unspecified atom stereocenters. The van der Waals surface area contributed by atoms with Gasteiger partial charge in [0.2, 0.25) is 0 Å². The topological polar surface area (TPSA) is 48.1 Å². The molecule has 0 bridgehead atoms. The average Bonchev–Trinajstić information content (AvgIpc) is 2.54. The Labute approximate surface area is 87.6 Å². The molecule has 0 aliphatic carbocycles. The number of fused-ring (bicyclic) bond motifs is 3. The first kappa shape index (κ1) is 8.67. The molecule has 4 N–H and O–H groups in total. The number of hydrogen-bond donors (Lipinski definition) is 4. The molecule has 0 amide bonds. The fourth-order valence-corrected chi connectivity index (χ4v) is 1.92. The van der Waals surface area contributed by atoms with Crippen molar-refractivity contribution >= 4 is 16.5 Å². The monoisotopic (exact) mass is 200 g/mol. The van der Waals surface area contributed by atoms with Crippen LogP contribution in [0.3, 0.4) is 0 Å². The van der Waals surface area contributed by atoms with Gasteiger partial charge in [-0.2, -0.15) is 11.1 Å². The van der Waals surface area contributed by atoms with E-state index < -0.39 is 0 Å². The van der Waals surface area contributed by atoms with Crippen molar-refractivity contribution in [2.45, 2.75) is 6.54 Å². The van der Waals surface area contributed by atoms with Gasteiger partial charge in [-0.25, -0.2) is 5.43 Å². The second-order valence-corrected chi connectivity index (χ2v) is 3.54. The average molecular weight is 200 g/mol. The lowest BCUT2D eigenvalue weighted by molar-refractivity contribution is 0.479. The molecule has 2 aromatic carbocycles. The zero-order valence-corrected chi connectivity index (χ0v) is 8.17. The van der Waals surface area contributed by atoms with Crippen LogP contribution in [0.4, 0.5) is 5.69 Å². The predicted molar refractivity (Wildman–Crippen MR) is 60.7 cm³/mol. The second-order valence-electron chi connectivity index (χ2n) is 3.54. The first-order valence-electron chi connectivity index (χ1n) is 4.95. The maximum Gasteiger partial charge on any atom is 0.0553 e. The molecule has 0 aromatic heterocycles. The standard InChI is InChI=1S/C11H12N4/c1-2-4-9-8(3-1)5-6-11-10(9)7-12-14-15-13-11/h1-6,12-15H,7H2. The van der Waals surface area contributed by atoms with Crippen molar-refractivity contribution in [3.05, 3.63) is 42.0 Å². The zero-order chi connectivity index (χ0) is 10.1. The highest BCUT2D eigenvalue weighted by Gasteiger charge is 2.08. The van der Waals surface area contributed by atoms with E-state index in [2.05, 4.69) is 58.3 Å². The third-order valence-electron chi connectivity index (χ3n) is 2.65. The largest absolute Gasteiger partial charge is 0.307 e. The summed E-state index contributed by atoms with van der Waals surface area (Å²) in [5.74, 6) is 0. The highest BCUT2D eigenvalue weighted by Crippen LogP contribution is 2.25. The van der Waals surface area contributed by atoms with Gasteiger partial charge >= 0.3 is 0 Å². The summed E-state index contributed by atoms with van der Waals surface area (Å²) < 4.78 is 0. The van der Waals surface area contributed by atoms with Crippen LogP contribution in [0, 0.1) is 0 Å². The minimum Gasteiger partial charge on any atom is -0.307 e. The van der Waals surface area contributed by atoms with E-state index in [1.165, 1.54) is 16.3 Å². The van der Waals surface area contributed by atoms with Crippen LogP contribution in [-0.2, 0) is 6.54 Å². The van der Waals surface area contributed by atoms with Crippen LogP contribution in [0.15, 0.2) is 36.4 Å². The SMILES string of the molecule is c1ccc2c3c(ccc2c1)NNNNC3. The Hall–Kier alpha value is -1.62. The molecule has 15 heavy (non-hydrogen) atoms. The van der Waals surface area contributed by atoms with Crippen LogP contribution in [-0.4, -0.2) is 0 Å². The normalized spacial score (nSPS) is 15.5. The van der Waals surface area contributed by atoms with Crippen molar-refractivity contribution in [1.82, 2.24) is 16.5 Å². The van der Waals surface area contributed by atoms with Crippen molar-refractivity contribution in [2.24, 2.45) is 0 Å². The lowest BCUT2D eigenvalue weighted by Gasteiger charge is -2.09. The number of nitrogens with one attached hydrogen (secondary N) is 4. The van der Waals surface area contributed by atoms with Crippen LogP contribution in [0.25, 0.3) is 10.8 Å². The van der Waals surface area contributed by atoms with E-state index >= 15 is 0 Å². The second kappa shape index (κ2) is 3.51. The maximum atomic E-state index is 3.09. The number of benzene rings is 2. The molecule has 0 saturated carbocycles. The quantitative estimate of drug-likeness (QED) is 0.517. The molecule has 0 spiro atoms. The van der Waals surface area contributed by atoms with E-state index in [0.29, 0.717) is 0 Å². The van der Waals surface area contributed by atoms with Crippen molar-refractivity contribution in [3.63, 3.8) is 0 Å². The molecular formula is C11H12N4. The first-order chi connectivity index (χ1) is 7.45. The van der Waals surface area contributed by atoms with Crippen molar-refractivity contribution < 1.29 is 0 Å². The lowest BCUT2D eigenvalue weighted by atomic mass is 10.0. The van der Waals surface area contributed by atoms with E-state index in [1.54, 1.807) is 0 Å². The summed E-state index contributed by atoms with van der Waals surface area (Å²) in [7, 11) is 0. The van der Waals surface area contributed by atoms with Crippen LogP contribution < -0.4 is 21.9 Å². The van der Waals surface area contributed by atoms with E-state index in [0.717, 1.165) is 12.2 Å². The highest BCUT2D eigenvalue weighted by atomic mass is 15.7. The van der Waals surface area contributed by atoms with Crippen LogP contribution in [0.2, 0.25) is 0 Å². The number of anilines is 1. The predicted octanol–water partition coefficient (Wildman–Crippen LogP) is 1.28. The van der Waals surface area contributed by atoms with Gasteiger partial charge in [0.15, 0.2) is 0 Å². The molecule has 0 radical (unpaired) electrons. The highest BCUT2D eigenvalue weighted by molar-refractivity contribution is 5.90. The van der Waals surface area contributed by atoms with Crippen LogP contribution >= 0.6 is 0 Å². The Kier molecular flexibility index (Phi) is 2.03. The smallest absolute Gasteiger partial charge is 0.0553 e. The number of hydrogen-bond acceptors (Lipinski definition) is 4. The maximum absolute atomic E-state index is 3.09. The summed E-state index contributed by atoms with van der Waals surface area (Å²) in [4.78, 5) is 0. The molecule has 4 nitrogen and oxygen atoms in total. The van der Waals surface area contributed by atoms with Gasteiger partial charge in [-0.3, -0.25) is 0 Å². The van der Waals surface area contributed by atoms with Crippen molar-refractivity contribution in [1.29, 1.82) is 0 Å². The summed E-state index contributed by atoms with van der Waals surface area (Å²) in [6.45, 7) is 0.788. The molecular weight excluding hydrogens is 188 g/mol. The van der Waals surface area contributed by atoms with Crippen molar-refractivity contribution in [3.8, 4) is 0 Å². The van der Waals surface area contributed by atoms with Gasteiger partial charge in [-0.05, 0) is 22.4 Å². The first-order valence-corrected chi connectivity index (χ1v) is 4.95. The van der Waals surface area contributed by atoms with E-state index in [9.17, 15) is 0 Å². The Balaban J connectivity index is 2.27. The van der Waals surface area contributed by atoms with E-state index in [-0.39, 0.29) is 0 Å². The molecule has 1 heterocycles. The Morgan fingerprint density at radius 2 is 1.87 bits per heavy atom. The molecule has 0 saturated heterocycles. The fourth-order valence-electron chi connectivity index (χ4n) is 1.92. The molecule has 1 aliphatic rings. The van der Waals surface area contributed by atoms with Crippen LogP contribution in [0.5, 0.6) is 0 Å². The molecule has 1 aliphatic heterocycles. The number of hydrazine groups is 3. The zero-order valence-electron chi connectivity index (χ0n) is 8.17. The lowest BCUT2D eigenvalue weighted by Crippen LogP contribution is -2.43. The van der Waals surface area contributed by atoms with E-state index in [4.69, 9.17) is 0 Å². The van der Waals surface area contributed by atoms with Gasteiger partial charge in [-0.1, -0.05) is 30.3 Å². The molecule has 0 atom stereocenters. The summed E-state index contributed by atoms with van der Waals surface area (Å²) in [5, 5.41) is 2.54. The van der Waals surface area contributed by atoms with Gasteiger partial charge in [0.1, 0.15) is 0 Å². The minimum atomic E-state index is 0.788. The molecule has 0 fully saturated rings. The summed E-state index contributed by atoms with van der Waals surface area (Å²) in [6, 6.07) is 12.6. The molecule has 4 heteroatoms. The number of rotatable bonds is 0. The summed E-state index contributed by atoms with van der Waals surface area (Å²) >= 11 is 0. The van der Waals surface area contributed by atoms with Gasteiger partial charge in [0.05, 0.1) is 5.69 Å². The van der Waals surface area contributed by atoms with Crippen molar-refractivity contribution in [2.75, 3.05) is 5.43 Å². The van der Waals surface area contributed by atoms with Gasteiger partial charge in [-0.15, -0.1) is 0 Å². The van der Waals surface area contributed by atoms with Gasteiger partial charge < -0.3 is 5.43 Å². The van der Waals surface area contributed by atoms with E-state index in [1.807, 2.05) is 0 Å². The Bertz CT molecular complexity index is 495. The molecule has 3 rings (SSSR count). The van der Waals surface area contributed by atoms with Gasteiger partial charge in [0.25, 0.3) is 0 Å². The Morgan fingerprint density at radius 1 is 0.933 bits per heavy atom. The Morgan fingerprint density at radius 3 is 2.87 bits per heavy atom. The third-order valence-corrected chi connectivity index (χ3v) is 2.65. The third kappa shape index (κ3) is 1.45. The molecule has 2 aromatic rings. The van der Waals surface area contributed by atoms with Crippen LogP contribution in [0.1, 0.15) is 5.56 Å². The minimum absolute atomic E-state index is 0.788. The van der Waals surface area contributed by atoms with Gasteiger partial charge in [0, 0.05) is 6.54 Å². The summed E-state index contributed by atoms with van der Waals surface area (Å²) in [6.07, 6.45) is 0. The fraction of sp³-hybridized carbons (Fsp3) is 0.0909. The summed E-state index contributed by atoms with van der Waals surface area (Å²) in [5.41, 5.74) is 14.2.